The van der Waals surface area contributed by atoms with Gasteiger partial charge in [-0.25, -0.2) is 9.78 Å². The van der Waals surface area contributed by atoms with Gasteiger partial charge in [-0.15, -0.1) is 0 Å². The first-order valence-corrected chi connectivity index (χ1v) is 5.38. The summed E-state index contributed by atoms with van der Waals surface area (Å²) in [5.41, 5.74) is 1.24. The molecule has 0 fully saturated rings. The van der Waals surface area contributed by atoms with Crippen molar-refractivity contribution in [2.45, 2.75) is 0 Å². The van der Waals surface area contributed by atoms with Crippen molar-refractivity contribution < 1.29 is 9.53 Å². The Bertz CT molecular complexity index is 509. The first-order chi connectivity index (χ1) is 7.72. The van der Waals surface area contributed by atoms with E-state index in [1.165, 1.54) is 7.11 Å². The summed E-state index contributed by atoms with van der Waals surface area (Å²) in [6.07, 6.45) is 5.06. The molecule has 0 spiro atoms. The van der Waals surface area contributed by atoms with Crippen LogP contribution in [0.25, 0.3) is 5.69 Å². The number of methoxy groups -OCH3 is 1. The van der Waals surface area contributed by atoms with Crippen LogP contribution in [-0.2, 0) is 4.74 Å². The molecule has 0 saturated heterocycles. The van der Waals surface area contributed by atoms with Gasteiger partial charge in [-0.2, -0.15) is 0 Å². The molecule has 0 atom stereocenters. The molecule has 1 aromatic carbocycles. The van der Waals surface area contributed by atoms with Crippen LogP contribution in [-0.4, -0.2) is 22.6 Å². The maximum atomic E-state index is 11.6. The summed E-state index contributed by atoms with van der Waals surface area (Å²) < 4.78 is 7.33. The molecule has 4 nitrogen and oxygen atoms in total. The largest absolute Gasteiger partial charge is 0.465 e. The maximum absolute atomic E-state index is 11.6. The molecule has 0 bridgehead atoms. The minimum Gasteiger partial charge on any atom is -0.465 e. The molecule has 0 saturated carbocycles. The predicted molar refractivity (Wildman–Crippen MR) is 62.6 cm³/mol. The molecule has 5 heteroatoms. The highest BCUT2D eigenvalue weighted by molar-refractivity contribution is 9.10. The number of carbonyl (C=O) groups excluding carboxylic acids is 1. The average molecular weight is 281 g/mol. The van der Waals surface area contributed by atoms with Crippen molar-refractivity contribution >= 4 is 21.9 Å². The van der Waals surface area contributed by atoms with E-state index in [1.807, 2.05) is 12.1 Å². The third-order valence-electron chi connectivity index (χ3n) is 2.15. The van der Waals surface area contributed by atoms with Gasteiger partial charge in [-0.1, -0.05) is 15.9 Å². The molecule has 1 aromatic heterocycles. The predicted octanol–water partition coefficient (Wildman–Crippen LogP) is 2.42. The summed E-state index contributed by atoms with van der Waals surface area (Å²) in [6, 6.07) is 5.42. The fourth-order valence-corrected chi connectivity index (χ4v) is 1.77. The molecule has 2 aromatic rings. The number of hydrogen-bond acceptors (Lipinski definition) is 3. The van der Waals surface area contributed by atoms with Crippen LogP contribution in [0, 0.1) is 0 Å². The van der Waals surface area contributed by atoms with Crippen LogP contribution < -0.4 is 0 Å². The summed E-state index contributed by atoms with van der Waals surface area (Å²) in [4.78, 5) is 15.6. The molecule has 1 heterocycles. The monoisotopic (exact) mass is 280 g/mol. The number of hydrogen-bond donors (Lipinski definition) is 0. The fraction of sp³-hybridized carbons (Fsp3) is 0.0909. The quantitative estimate of drug-likeness (QED) is 0.794. The second kappa shape index (κ2) is 4.49. The van der Waals surface area contributed by atoms with Gasteiger partial charge in [0.2, 0.25) is 0 Å². The number of halogens is 1. The van der Waals surface area contributed by atoms with Crippen molar-refractivity contribution in [1.29, 1.82) is 0 Å². The molecular weight excluding hydrogens is 272 g/mol. The number of aromatic nitrogens is 2. The van der Waals surface area contributed by atoms with E-state index in [9.17, 15) is 4.79 Å². The summed E-state index contributed by atoms with van der Waals surface area (Å²) in [7, 11) is 1.36. The number of benzene rings is 1. The van der Waals surface area contributed by atoms with Crippen molar-refractivity contribution in [2.24, 2.45) is 0 Å². The second-order valence-corrected chi connectivity index (χ2v) is 4.04. The Morgan fingerprint density at radius 2 is 2.31 bits per heavy atom. The zero-order chi connectivity index (χ0) is 11.5. The number of imidazole rings is 1. The number of ether oxygens (including phenoxy) is 1. The standard InChI is InChI=1S/C11H9BrN2O2/c1-16-11(15)9-6-8(12)2-3-10(9)14-5-4-13-7-14/h2-7H,1H3. The van der Waals surface area contributed by atoms with Gasteiger partial charge in [-0.3, -0.25) is 0 Å². The van der Waals surface area contributed by atoms with Gasteiger partial charge in [0.05, 0.1) is 24.7 Å². The molecule has 2 rings (SSSR count). The average Bonchev–Trinajstić information content (AvgIpc) is 2.81. The van der Waals surface area contributed by atoms with Crippen LogP contribution in [0.1, 0.15) is 10.4 Å². The van der Waals surface area contributed by atoms with Crippen LogP contribution >= 0.6 is 15.9 Å². The molecule has 0 aliphatic rings. The lowest BCUT2D eigenvalue weighted by atomic mass is 10.2. The normalized spacial score (nSPS) is 10.1. The van der Waals surface area contributed by atoms with Crippen LogP contribution in [0.5, 0.6) is 0 Å². The van der Waals surface area contributed by atoms with E-state index in [0.29, 0.717) is 5.56 Å². The fourth-order valence-electron chi connectivity index (χ4n) is 1.41. The Morgan fingerprint density at radius 3 is 2.94 bits per heavy atom. The van der Waals surface area contributed by atoms with Gasteiger partial charge in [0.1, 0.15) is 0 Å². The molecule has 0 amide bonds. The lowest BCUT2D eigenvalue weighted by molar-refractivity contribution is 0.0600. The lowest BCUT2D eigenvalue weighted by Crippen LogP contribution is -2.06. The highest BCUT2D eigenvalue weighted by atomic mass is 79.9. The van der Waals surface area contributed by atoms with Crippen LogP contribution in [0.4, 0.5) is 0 Å². The van der Waals surface area contributed by atoms with Crippen LogP contribution in [0.15, 0.2) is 41.4 Å². The van der Waals surface area contributed by atoms with Gasteiger partial charge in [0.25, 0.3) is 0 Å². The molecule has 0 radical (unpaired) electrons. The summed E-state index contributed by atoms with van der Waals surface area (Å²) >= 11 is 3.32. The van der Waals surface area contributed by atoms with Gasteiger partial charge in [-0.05, 0) is 18.2 Å². The van der Waals surface area contributed by atoms with E-state index >= 15 is 0 Å². The van der Waals surface area contributed by atoms with E-state index in [2.05, 4.69) is 20.9 Å². The SMILES string of the molecule is COC(=O)c1cc(Br)ccc1-n1ccnc1. The minimum absolute atomic E-state index is 0.370. The minimum atomic E-state index is -0.370. The van der Waals surface area contributed by atoms with Crippen molar-refractivity contribution in [3.63, 3.8) is 0 Å². The highest BCUT2D eigenvalue weighted by Gasteiger charge is 2.13. The Kier molecular flexibility index (Phi) is 3.05. The molecular formula is C11H9BrN2O2. The number of esters is 1. The molecule has 0 aliphatic carbocycles. The highest BCUT2D eigenvalue weighted by Crippen LogP contribution is 2.20. The van der Waals surface area contributed by atoms with Crippen molar-refractivity contribution in [2.75, 3.05) is 7.11 Å². The van der Waals surface area contributed by atoms with Crippen molar-refractivity contribution in [1.82, 2.24) is 9.55 Å². The molecule has 0 aliphatic heterocycles. The van der Waals surface area contributed by atoms with Crippen molar-refractivity contribution in [3.8, 4) is 5.69 Å². The lowest BCUT2D eigenvalue weighted by Gasteiger charge is -2.08. The van der Waals surface area contributed by atoms with E-state index in [4.69, 9.17) is 4.74 Å². The van der Waals surface area contributed by atoms with E-state index in [1.54, 1.807) is 29.4 Å². The zero-order valence-corrected chi connectivity index (χ0v) is 10.1. The third-order valence-corrected chi connectivity index (χ3v) is 2.64. The first kappa shape index (κ1) is 10.9. The van der Waals surface area contributed by atoms with E-state index < -0.39 is 0 Å². The summed E-state index contributed by atoms with van der Waals surface area (Å²) in [5.74, 6) is -0.370. The summed E-state index contributed by atoms with van der Waals surface area (Å²) in [5, 5.41) is 0. The molecule has 0 unspecified atom stereocenters. The Balaban J connectivity index is 2.57. The van der Waals surface area contributed by atoms with Gasteiger partial charge < -0.3 is 9.30 Å². The van der Waals surface area contributed by atoms with Crippen LogP contribution in [0.3, 0.4) is 0 Å². The molecule has 82 valence electrons. The Labute approximate surface area is 101 Å². The first-order valence-electron chi connectivity index (χ1n) is 4.58. The number of carbonyl (C=O) groups is 1. The number of nitrogens with zero attached hydrogens (tertiary/aromatic N) is 2. The maximum Gasteiger partial charge on any atom is 0.340 e. The van der Waals surface area contributed by atoms with Gasteiger partial charge >= 0.3 is 5.97 Å². The smallest absolute Gasteiger partial charge is 0.340 e. The second-order valence-electron chi connectivity index (χ2n) is 3.12. The van der Waals surface area contributed by atoms with Crippen LogP contribution in [0.2, 0.25) is 0 Å². The van der Waals surface area contributed by atoms with E-state index in [0.717, 1.165) is 10.2 Å². The van der Waals surface area contributed by atoms with Gasteiger partial charge in [0, 0.05) is 16.9 Å². The zero-order valence-electron chi connectivity index (χ0n) is 8.55. The number of rotatable bonds is 2. The topological polar surface area (TPSA) is 44.1 Å². The Hall–Kier alpha value is -1.62. The molecule has 16 heavy (non-hydrogen) atoms. The van der Waals surface area contributed by atoms with Crippen molar-refractivity contribution in [3.05, 3.63) is 47.0 Å². The molecule has 0 N–H and O–H groups in total. The Morgan fingerprint density at radius 1 is 1.50 bits per heavy atom. The van der Waals surface area contributed by atoms with Gasteiger partial charge in [0.15, 0.2) is 0 Å². The third kappa shape index (κ3) is 1.99. The van der Waals surface area contributed by atoms with E-state index in [-0.39, 0.29) is 5.97 Å². The summed E-state index contributed by atoms with van der Waals surface area (Å²) in [6.45, 7) is 0.